The second-order valence-electron chi connectivity index (χ2n) is 6.06. The molecule has 0 unspecified atom stereocenters. The lowest BCUT2D eigenvalue weighted by Crippen LogP contribution is -2.39. The number of likely N-dealkylation sites (N-methyl/N-ethyl adjacent to an activating group) is 1. The third kappa shape index (κ3) is 3.50. The SMILES string of the molecule is CN1C(=O)C[C@@H](NC(=O)c2cccc(CC#N)c2)[C@@H]1c1cccnc1. The summed E-state index contributed by atoms with van der Waals surface area (Å²) in [6, 6.07) is 12.2. The Balaban J connectivity index is 1.81. The molecule has 2 aromatic rings. The zero-order valence-corrected chi connectivity index (χ0v) is 13.8. The van der Waals surface area contributed by atoms with Crippen LogP contribution in [-0.2, 0) is 11.2 Å². The first-order valence-corrected chi connectivity index (χ1v) is 8.02. The molecule has 126 valence electrons. The lowest BCUT2D eigenvalue weighted by molar-refractivity contribution is -0.127. The molecule has 0 radical (unpaired) electrons. The van der Waals surface area contributed by atoms with Gasteiger partial charge in [-0.2, -0.15) is 5.26 Å². The predicted octanol–water partition coefficient (Wildman–Crippen LogP) is 1.85. The molecule has 1 aromatic carbocycles. The number of nitrogens with zero attached hydrogens (tertiary/aromatic N) is 3. The summed E-state index contributed by atoms with van der Waals surface area (Å²) in [5.74, 6) is -0.265. The van der Waals surface area contributed by atoms with Crippen LogP contribution >= 0.6 is 0 Å². The first-order valence-electron chi connectivity index (χ1n) is 8.02. The van der Waals surface area contributed by atoms with Gasteiger partial charge in [0.25, 0.3) is 5.91 Å². The van der Waals surface area contributed by atoms with E-state index in [2.05, 4.69) is 16.4 Å². The molecule has 3 rings (SSSR count). The summed E-state index contributed by atoms with van der Waals surface area (Å²) in [5.41, 5.74) is 2.16. The average Bonchev–Trinajstić information content (AvgIpc) is 2.90. The zero-order valence-electron chi connectivity index (χ0n) is 13.8. The van der Waals surface area contributed by atoms with Crippen LogP contribution in [0.3, 0.4) is 0 Å². The highest BCUT2D eigenvalue weighted by atomic mass is 16.2. The van der Waals surface area contributed by atoms with Gasteiger partial charge in [0, 0.05) is 31.4 Å². The third-order valence-corrected chi connectivity index (χ3v) is 4.40. The fourth-order valence-corrected chi connectivity index (χ4v) is 3.17. The van der Waals surface area contributed by atoms with Crippen molar-refractivity contribution in [3.8, 4) is 6.07 Å². The van der Waals surface area contributed by atoms with Crippen LogP contribution in [0.25, 0.3) is 0 Å². The van der Waals surface area contributed by atoms with Crippen LogP contribution in [-0.4, -0.2) is 34.8 Å². The molecule has 2 atom stereocenters. The van der Waals surface area contributed by atoms with Gasteiger partial charge in [-0.15, -0.1) is 0 Å². The van der Waals surface area contributed by atoms with E-state index in [0.717, 1.165) is 11.1 Å². The Bertz CT molecular complexity index is 829. The maximum atomic E-state index is 12.6. The van der Waals surface area contributed by atoms with Gasteiger partial charge >= 0.3 is 0 Å². The summed E-state index contributed by atoms with van der Waals surface area (Å²) in [5, 5.41) is 11.8. The Labute approximate surface area is 146 Å². The number of carbonyl (C=O) groups excluding carboxylic acids is 2. The number of hydrogen-bond donors (Lipinski definition) is 1. The highest BCUT2D eigenvalue weighted by Crippen LogP contribution is 2.31. The third-order valence-electron chi connectivity index (χ3n) is 4.40. The number of pyridine rings is 1. The molecule has 1 fully saturated rings. The van der Waals surface area contributed by atoms with E-state index in [4.69, 9.17) is 5.26 Å². The first-order chi connectivity index (χ1) is 12.1. The van der Waals surface area contributed by atoms with Gasteiger partial charge in [-0.1, -0.05) is 18.2 Å². The summed E-state index contributed by atoms with van der Waals surface area (Å²) >= 11 is 0. The molecular formula is C19H18N4O2. The van der Waals surface area contributed by atoms with E-state index in [9.17, 15) is 9.59 Å². The van der Waals surface area contributed by atoms with Crippen LogP contribution in [0.5, 0.6) is 0 Å². The van der Waals surface area contributed by atoms with Crippen molar-refractivity contribution in [1.82, 2.24) is 15.2 Å². The summed E-state index contributed by atoms with van der Waals surface area (Å²) < 4.78 is 0. The second kappa shape index (κ2) is 7.14. The van der Waals surface area contributed by atoms with Crippen molar-refractivity contribution < 1.29 is 9.59 Å². The zero-order chi connectivity index (χ0) is 17.8. The highest BCUT2D eigenvalue weighted by Gasteiger charge is 2.39. The summed E-state index contributed by atoms with van der Waals surface area (Å²) in [6.45, 7) is 0. The molecule has 6 nitrogen and oxygen atoms in total. The van der Waals surface area contributed by atoms with Crippen molar-refractivity contribution in [3.05, 3.63) is 65.5 Å². The van der Waals surface area contributed by atoms with Gasteiger partial charge < -0.3 is 10.2 Å². The molecule has 25 heavy (non-hydrogen) atoms. The van der Waals surface area contributed by atoms with E-state index >= 15 is 0 Å². The summed E-state index contributed by atoms with van der Waals surface area (Å²) in [4.78, 5) is 30.5. The van der Waals surface area contributed by atoms with Crippen molar-refractivity contribution in [1.29, 1.82) is 5.26 Å². The average molecular weight is 334 g/mol. The molecule has 6 heteroatoms. The lowest BCUT2D eigenvalue weighted by Gasteiger charge is -2.25. The topological polar surface area (TPSA) is 86.1 Å². The summed E-state index contributed by atoms with van der Waals surface area (Å²) in [7, 11) is 1.74. The molecule has 1 aliphatic heterocycles. The van der Waals surface area contributed by atoms with Crippen LogP contribution in [0.1, 0.15) is 33.9 Å². The standard InChI is InChI=1S/C19H18N4O2/c1-23-17(24)11-16(18(23)15-6-3-9-21-12-15)22-19(25)14-5-2-4-13(10-14)7-8-20/h2-6,9-10,12,16,18H,7,11H2,1H3,(H,22,25)/t16-,18+/m1/s1. The van der Waals surface area contributed by atoms with Gasteiger partial charge in [0.1, 0.15) is 0 Å². The van der Waals surface area contributed by atoms with Gasteiger partial charge in [0.05, 0.1) is 24.6 Å². The van der Waals surface area contributed by atoms with Crippen LogP contribution in [0, 0.1) is 11.3 Å². The van der Waals surface area contributed by atoms with Gasteiger partial charge in [-0.25, -0.2) is 0 Å². The number of likely N-dealkylation sites (tertiary alicyclic amines) is 1. The molecule has 2 amide bonds. The van der Waals surface area contributed by atoms with Crippen LogP contribution in [0.4, 0.5) is 0 Å². The maximum Gasteiger partial charge on any atom is 0.251 e. The molecular weight excluding hydrogens is 316 g/mol. The molecule has 1 saturated heterocycles. The van der Waals surface area contributed by atoms with Crippen LogP contribution in [0.15, 0.2) is 48.8 Å². The van der Waals surface area contributed by atoms with E-state index in [0.29, 0.717) is 5.56 Å². The van der Waals surface area contributed by atoms with E-state index in [1.165, 1.54) is 0 Å². The quantitative estimate of drug-likeness (QED) is 0.924. The van der Waals surface area contributed by atoms with Gasteiger partial charge in [0.2, 0.25) is 5.91 Å². The number of hydrogen-bond acceptors (Lipinski definition) is 4. The van der Waals surface area contributed by atoms with E-state index in [1.807, 2.05) is 18.2 Å². The molecule has 0 saturated carbocycles. The van der Waals surface area contributed by atoms with Crippen LogP contribution in [0.2, 0.25) is 0 Å². The second-order valence-corrected chi connectivity index (χ2v) is 6.06. The Morgan fingerprint density at radius 1 is 1.40 bits per heavy atom. The van der Waals surface area contributed by atoms with Crippen molar-refractivity contribution in [2.75, 3.05) is 7.05 Å². The number of amides is 2. The van der Waals surface area contributed by atoms with E-state index in [1.54, 1.807) is 42.5 Å². The van der Waals surface area contributed by atoms with Gasteiger partial charge in [0.15, 0.2) is 0 Å². The minimum absolute atomic E-state index is 0.0163. The Kier molecular flexibility index (Phi) is 4.75. The van der Waals surface area contributed by atoms with E-state index in [-0.39, 0.29) is 36.7 Å². The number of nitrogens with one attached hydrogen (secondary N) is 1. The maximum absolute atomic E-state index is 12.6. The molecule has 2 heterocycles. The predicted molar refractivity (Wildman–Crippen MR) is 91.4 cm³/mol. The fourth-order valence-electron chi connectivity index (χ4n) is 3.17. The minimum atomic E-state index is -0.325. The molecule has 1 N–H and O–H groups in total. The summed E-state index contributed by atoms with van der Waals surface area (Å²) in [6.07, 6.45) is 3.89. The highest BCUT2D eigenvalue weighted by molar-refractivity contribution is 5.95. The Hall–Kier alpha value is -3.20. The number of rotatable bonds is 4. The number of carbonyl (C=O) groups is 2. The molecule has 1 aromatic heterocycles. The fraction of sp³-hybridized carbons (Fsp3) is 0.263. The number of aromatic nitrogens is 1. The molecule has 0 aliphatic carbocycles. The Morgan fingerprint density at radius 2 is 2.24 bits per heavy atom. The normalized spacial score (nSPS) is 19.5. The van der Waals surface area contributed by atoms with Crippen LogP contribution < -0.4 is 5.32 Å². The molecule has 0 bridgehead atoms. The van der Waals surface area contributed by atoms with Crippen molar-refractivity contribution in [3.63, 3.8) is 0 Å². The number of nitriles is 1. The van der Waals surface area contributed by atoms with E-state index < -0.39 is 0 Å². The lowest BCUT2D eigenvalue weighted by atomic mass is 10.0. The van der Waals surface area contributed by atoms with Crippen molar-refractivity contribution in [2.24, 2.45) is 0 Å². The van der Waals surface area contributed by atoms with Gasteiger partial charge in [-0.05, 0) is 29.3 Å². The smallest absolute Gasteiger partial charge is 0.251 e. The van der Waals surface area contributed by atoms with Crippen molar-refractivity contribution >= 4 is 11.8 Å². The monoisotopic (exact) mass is 334 g/mol. The largest absolute Gasteiger partial charge is 0.346 e. The minimum Gasteiger partial charge on any atom is -0.346 e. The molecule has 1 aliphatic rings. The number of benzene rings is 1. The first kappa shape index (κ1) is 16.7. The molecule has 0 spiro atoms. The van der Waals surface area contributed by atoms with Gasteiger partial charge in [-0.3, -0.25) is 14.6 Å². The van der Waals surface area contributed by atoms with Crippen molar-refractivity contribution in [2.45, 2.75) is 24.9 Å². The Morgan fingerprint density at radius 3 is 2.96 bits per heavy atom.